The number of non-ortho nitro benzene ring substituents is 1. The fraction of sp³-hybridized carbons (Fsp3) is 0. The molecule has 0 aliphatic carbocycles. The van der Waals surface area contributed by atoms with Crippen molar-refractivity contribution >= 4 is 17.3 Å². The Morgan fingerprint density at radius 2 is 2.20 bits per heavy atom. The zero-order valence-corrected chi connectivity index (χ0v) is 8.23. The Bertz CT molecular complexity index is 496. The number of H-pyrrole nitrogens is 1. The Labute approximate surface area is 89.8 Å². The second-order valence-electron chi connectivity index (χ2n) is 2.89. The number of nitro benzene ring substituents is 1. The zero-order valence-electron chi connectivity index (χ0n) is 7.48. The monoisotopic (exact) mass is 223 g/mol. The average Bonchev–Trinajstić information content (AvgIpc) is 2.71. The zero-order chi connectivity index (χ0) is 10.8. The van der Waals surface area contributed by atoms with Gasteiger partial charge in [0.2, 0.25) is 0 Å². The number of nitrogens with zero attached hydrogens (tertiary/aromatic N) is 2. The van der Waals surface area contributed by atoms with E-state index < -0.39 is 4.92 Å². The van der Waals surface area contributed by atoms with E-state index in [1.54, 1.807) is 12.3 Å². The summed E-state index contributed by atoms with van der Waals surface area (Å²) in [7, 11) is 0. The van der Waals surface area contributed by atoms with E-state index in [0.29, 0.717) is 16.3 Å². The summed E-state index contributed by atoms with van der Waals surface area (Å²) < 4.78 is 0. The summed E-state index contributed by atoms with van der Waals surface area (Å²) in [6.45, 7) is 0. The summed E-state index contributed by atoms with van der Waals surface area (Å²) in [6.07, 6.45) is 1.56. The number of aromatic amines is 1. The number of halogens is 1. The van der Waals surface area contributed by atoms with Crippen molar-refractivity contribution in [1.29, 1.82) is 0 Å². The molecule has 0 spiro atoms. The van der Waals surface area contributed by atoms with Crippen LogP contribution in [0.4, 0.5) is 5.69 Å². The van der Waals surface area contributed by atoms with Crippen LogP contribution in [-0.2, 0) is 0 Å². The van der Waals surface area contributed by atoms with E-state index in [2.05, 4.69) is 10.2 Å². The van der Waals surface area contributed by atoms with Crippen molar-refractivity contribution in [3.05, 3.63) is 45.6 Å². The first kappa shape index (κ1) is 9.67. The molecule has 1 N–H and O–H groups in total. The Morgan fingerprint density at radius 3 is 2.80 bits per heavy atom. The molecular formula is C9H6ClN3O2. The highest BCUT2D eigenvalue weighted by Gasteiger charge is 2.11. The molecule has 0 bridgehead atoms. The molecule has 76 valence electrons. The average molecular weight is 224 g/mol. The SMILES string of the molecule is O=[N+]([O-])c1ccc(Cl)c(-c2ccn[nH]2)c1. The number of benzene rings is 1. The summed E-state index contributed by atoms with van der Waals surface area (Å²) in [5, 5.41) is 17.5. The fourth-order valence-electron chi connectivity index (χ4n) is 1.24. The van der Waals surface area contributed by atoms with E-state index in [1.165, 1.54) is 18.2 Å². The van der Waals surface area contributed by atoms with Gasteiger partial charge in [0.1, 0.15) is 0 Å². The van der Waals surface area contributed by atoms with E-state index in [-0.39, 0.29) is 5.69 Å². The number of rotatable bonds is 2. The maximum atomic E-state index is 10.6. The molecule has 0 atom stereocenters. The topological polar surface area (TPSA) is 71.8 Å². The maximum absolute atomic E-state index is 10.6. The minimum absolute atomic E-state index is 0.00370. The molecule has 0 radical (unpaired) electrons. The Balaban J connectivity index is 2.55. The number of hydrogen-bond acceptors (Lipinski definition) is 3. The van der Waals surface area contributed by atoms with Crippen molar-refractivity contribution in [1.82, 2.24) is 10.2 Å². The maximum Gasteiger partial charge on any atom is 0.270 e. The predicted octanol–water partition coefficient (Wildman–Crippen LogP) is 2.64. The van der Waals surface area contributed by atoms with E-state index in [0.717, 1.165) is 0 Å². The smallest absolute Gasteiger partial charge is 0.270 e. The van der Waals surface area contributed by atoms with Crippen LogP contribution in [0.15, 0.2) is 30.5 Å². The Morgan fingerprint density at radius 1 is 1.40 bits per heavy atom. The van der Waals surface area contributed by atoms with Crippen LogP contribution in [0.2, 0.25) is 5.02 Å². The van der Waals surface area contributed by atoms with E-state index >= 15 is 0 Å². The molecule has 0 saturated carbocycles. The molecule has 0 unspecified atom stereocenters. The van der Waals surface area contributed by atoms with Gasteiger partial charge in [-0.2, -0.15) is 5.10 Å². The van der Waals surface area contributed by atoms with Gasteiger partial charge in [0.25, 0.3) is 5.69 Å². The molecule has 2 rings (SSSR count). The molecule has 6 heteroatoms. The lowest BCUT2D eigenvalue weighted by Gasteiger charge is -2.00. The fourth-order valence-corrected chi connectivity index (χ4v) is 1.46. The third-order valence-corrected chi connectivity index (χ3v) is 2.28. The van der Waals surface area contributed by atoms with Gasteiger partial charge in [-0.05, 0) is 12.1 Å². The van der Waals surface area contributed by atoms with Gasteiger partial charge < -0.3 is 0 Å². The van der Waals surface area contributed by atoms with Crippen LogP contribution < -0.4 is 0 Å². The third-order valence-electron chi connectivity index (χ3n) is 1.95. The molecule has 0 saturated heterocycles. The van der Waals surface area contributed by atoms with Crippen LogP contribution in [0.5, 0.6) is 0 Å². The van der Waals surface area contributed by atoms with E-state index in [4.69, 9.17) is 11.6 Å². The van der Waals surface area contributed by atoms with E-state index in [1.807, 2.05) is 0 Å². The highest BCUT2D eigenvalue weighted by Crippen LogP contribution is 2.29. The van der Waals surface area contributed by atoms with Crippen LogP contribution in [-0.4, -0.2) is 15.1 Å². The highest BCUT2D eigenvalue weighted by molar-refractivity contribution is 6.33. The van der Waals surface area contributed by atoms with Crippen LogP contribution in [0, 0.1) is 10.1 Å². The van der Waals surface area contributed by atoms with Gasteiger partial charge >= 0.3 is 0 Å². The molecule has 1 aromatic carbocycles. The first-order chi connectivity index (χ1) is 7.18. The van der Waals surface area contributed by atoms with Crippen molar-refractivity contribution in [2.24, 2.45) is 0 Å². The second kappa shape index (κ2) is 3.70. The van der Waals surface area contributed by atoms with Gasteiger partial charge in [0.15, 0.2) is 0 Å². The van der Waals surface area contributed by atoms with Gasteiger partial charge in [0.05, 0.1) is 15.6 Å². The molecule has 1 heterocycles. The van der Waals surface area contributed by atoms with Crippen LogP contribution in [0.3, 0.4) is 0 Å². The predicted molar refractivity (Wildman–Crippen MR) is 55.7 cm³/mol. The van der Waals surface area contributed by atoms with Crippen LogP contribution >= 0.6 is 11.6 Å². The first-order valence-electron chi connectivity index (χ1n) is 4.12. The summed E-state index contributed by atoms with van der Waals surface area (Å²) in [4.78, 5) is 10.1. The summed E-state index contributed by atoms with van der Waals surface area (Å²) in [5.74, 6) is 0. The van der Waals surface area contributed by atoms with Gasteiger partial charge in [0, 0.05) is 23.9 Å². The molecule has 2 aromatic rings. The summed E-state index contributed by atoms with van der Waals surface area (Å²) in [5.41, 5.74) is 1.23. The van der Waals surface area contributed by atoms with Gasteiger partial charge in [-0.1, -0.05) is 11.6 Å². The minimum Gasteiger partial charge on any atom is -0.278 e. The number of nitrogens with one attached hydrogen (secondary N) is 1. The largest absolute Gasteiger partial charge is 0.278 e. The normalized spacial score (nSPS) is 10.2. The Kier molecular flexibility index (Phi) is 2.39. The summed E-state index contributed by atoms with van der Waals surface area (Å²) >= 11 is 5.92. The third kappa shape index (κ3) is 1.82. The molecule has 0 aliphatic heterocycles. The van der Waals surface area contributed by atoms with Crippen LogP contribution in [0.1, 0.15) is 0 Å². The van der Waals surface area contributed by atoms with Crippen LogP contribution in [0.25, 0.3) is 11.3 Å². The lowest BCUT2D eigenvalue weighted by molar-refractivity contribution is -0.384. The van der Waals surface area contributed by atoms with Crippen molar-refractivity contribution in [2.45, 2.75) is 0 Å². The summed E-state index contributed by atoms with van der Waals surface area (Å²) in [6, 6.07) is 5.97. The van der Waals surface area contributed by atoms with Crippen molar-refractivity contribution in [3.63, 3.8) is 0 Å². The molecule has 0 amide bonds. The van der Waals surface area contributed by atoms with E-state index in [9.17, 15) is 10.1 Å². The Hall–Kier alpha value is -1.88. The molecule has 0 aliphatic rings. The van der Waals surface area contributed by atoms with Crippen molar-refractivity contribution in [2.75, 3.05) is 0 Å². The second-order valence-corrected chi connectivity index (χ2v) is 3.30. The van der Waals surface area contributed by atoms with Crippen molar-refractivity contribution < 1.29 is 4.92 Å². The van der Waals surface area contributed by atoms with Gasteiger partial charge in [-0.3, -0.25) is 15.2 Å². The molecule has 5 nitrogen and oxygen atoms in total. The van der Waals surface area contributed by atoms with Crippen molar-refractivity contribution in [3.8, 4) is 11.3 Å². The molecule has 15 heavy (non-hydrogen) atoms. The standard InChI is InChI=1S/C9H6ClN3O2/c10-8-2-1-6(13(14)15)5-7(8)9-3-4-11-12-9/h1-5H,(H,11,12). The lowest BCUT2D eigenvalue weighted by Crippen LogP contribution is -1.89. The quantitative estimate of drug-likeness (QED) is 0.628. The molecule has 1 aromatic heterocycles. The lowest BCUT2D eigenvalue weighted by atomic mass is 10.1. The minimum atomic E-state index is -0.462. The number of nitro groups is 1. The number of hydrogen-bond donors (Lipinski definition) is 1. The highest BCUT2D eigenvalue weighted by atomic mass is 35.5. The first-order valence-corrected chi connectivity index (χ1v) is 4.50. The van der Waals surface area contributed by atoms with Gasteiger partial charge in [-0.25, -0.2) is 0 Å². The molecular weight excluding hydrogens is 218 g/mol. The number of aromatic nitrogens is 2. The van der Waals surface area contributed by atoms with Gasteiger partial charge in [-0.15, -0.1) is 0 Å². The molecule has 0 fully saturated rings.